The second-order valence-electron chi connectivity index (χ2n) is 14.8. The summed E-state index contributed by atoms with van der Waals surface area (Å²) in [7, 11) is 0.640. The maximum atomic E-state index is 12.0. The van der Waals surface area contributed by atoms with Gasteiger partial charge in [-0.15, -0.1) is 0 Å². The largest absolute Gasteiger partial charge is 0.469 e. The van der Waals surface area contributed by atoms with E-state index in [-0.39, 0.29) is 49.5 Å². The normalized spacial score (nSPS) is 17.6. The molecular formula is C35H68N2O15P2. The lowest BCUT2D eigenvalue weighted by Gasteiger charge is -2.24. The fourth-order valence-electron chi connectivity index (χ4n) is 4.84. The molecule has 54 heavy (non-hydrogen) atoms. The number of carbonyl (C=O) groups is 4. The van der Waals surface area contributed by atoms with Gasteiger partial charge in [0.25, 0.3) is 0 Å². The van der Waals surface area contributed by atoms with Gasteiger partial charge in [0.2, 0.25) is 0 Å². The van der Waals surface area contributed by atoms with Crippen LogP contribution in [0.5, 0.6) is 0 Å². The summed E-state index contributed by atoms with van der Waals surface area (Å²) in [6, 6.07) is 0. The third-order valence-electron chi connectivity index (χ3n) is 8.01. The van der Waals surface area contributed by atoms with Gasteiger partial charge in [-0.1, -0.05) is 0 Å². The molecule has 2 amide bonds. The average molecular weight is 819 g/mol. The molecule has 0 aromatic heterocycles. The van der Waals surface area contributed by atoms with E-state index in [4.69, 9.17) is 28.0 Å². The van der Waals surface area contributed by atoms with Crippen molar-refractivity contribution < 1.29 is 70.1 Å². The zero-order valence-electron chi connectivity index (χ0n) is 34.7. The highest BCUT2D eigenvalue weighted by atomic mass is 31.2. The summed E-state index contributed by atoms with van der Waals surface area (Å²) < 4.78 is 66.8. The Hall–Kier alpha value is -2.10. The van der Waals surface area contributed by atoms with E-state index < -0.39 is 26.4 Å². The first-order valence-corrected chi connectivity index (χ1v) is 21.8. The van der Waals surface area contributed by atoms with Crippen LogP contribution in [0, 0.1) is 11.8 Å². The highest BCUT2D eigenvalue weighted by Gasteiger charge is 2.31. The van der Waals surface area contributed by atoms with Crippen molar-refractivity contribution in [3.8, 4) is 0 Å². The van der Waals surface area contributed by atoms with Crippen molar-refractivity contribution in [2.45, 2.75) is 91.3 Å². The summed E-state index contributed by atoms with van der Waals surface area (Å²) in [5.74, 6) is 0.344. The van der Waals surface area contributed by atoms with Gasteiger partial charge >= 0.3 is 33.3 Å². The Kier molecular flexibility index (Phi) is 24.9. The fraction of sp³-hybridized carbons (Fsp3) is 0.886. The van der Waals surface area contributed by atoms with Crippen LogP contribution in [-0.4, -0.2) is 146 Å². The summed E-state index contributed by atoms with van der Waals surface area (Å²) in [5.41, 5.74) is -0.938. The highest BCUT2D eigenvalue weighted by molar-refractivity contribution is 7.54. The third kappa shape index (κ3) is 25.1. The Morgan fingerprint density at radius 3 is 1.37 bits per heavy atom. The van der Waals surface area contributed by atoms with Crippen LogP contribution in [0.3, 0.4) is 0 Å². The van der Waals surface area contributed by atoms with Crippen LogP contribution in [0.1, 0.15) is 80.1 Å². The van der Waals surface area contributed by atoms with Crippen LogP contribution in [0.25, 0.3) is 0 Å². The summed E-state index contributed by atoms with van der Waals surface area (Å²) in [6.07, 6.45) is 3.31. The first kappa shape index (κ1) is 51.9. The van der Waals surface area contributed by atoms with Crippen molar-refractivity contribution in [3.05, 3.63) is 0 Å². The van der Waals surface area contributed by atoms with Gasteiger partial charge in [-0.2, -0.15) is 0 Å². The van der Waals surface area contributed by atoms with E-state index >= 15 is 0 Å². The average Bonchev–Trinajstić information content (AvgIpc) is 3.77. The number of amides is 2. The molecule has 0 N–H and O–H groups in total. The van der Waals surface area contributed by atoms with Crippen LogP contribution in [-0.2, 0) is 60.5 Å². The van der Waals surface area contributed by atoms with Crippen molar-refractivity contribution in [2.75, 3.05) is 101 Å². The molecule has 0 aromatic carbocycles. The highest BCUT2D eigenvalue weighted by Crippen LogP contribution is 2.46. The van der Waals surface area contributed by atoms with Gasteiger partial charge in [0.1, 0.15) is 23.1 Å². The van der Waals surface area contributed by atoms with E-state index in [2.05, 4.69) is 13.8 Å². The van der Waals surface area contributed by atoms with E-state index in [0.29, 0.717) is 44.7 Å². The molecule has 2 fully saturated rings. The molecule has 17 nitrogen and oxygen atoms in total. The van der Waals surface area contributed by atoms with Crippen molar-refractivity contribution in [1.82, 2.24) is 9.80 Å². The molecule has 2 atom stereocenters. The van der Waals surface area contributed by atoms with Gasteiger partial charge < -0.3 is 51.6 Å². The molecule has 2 saturated heterocycles. The molecule has 0 spiro atoms. The minimum atomic E-state index is -3.30. The summed E-state index contributed by atoms with van der Waals surface area (Å²) in [4.78, 5) is 50.1. The number of ketones is 1. The van der Waals surface area contributed by atoms with Gasteiger partial charge in [0.15, 0.2) is 0 Å². The number of Topliss-reactive ketones (excluding diaryl/α,β-unsaturated/α-hetero) is 1. The van der Waals surface area contributed by atoms with E-state index in [0.717, 1.165) is 38.8 Å². The van der Waals surface area contributed by atoms with Crippen LogP contribution < -0.4 is 0 Å². The first-order valence-electron chi connectivity index (χ1n) is 18.1. The molecule has 2 aliphatic heterocycles. The van der Waals surface area contributed by atoms with Crippen LogP contribution in [0.15, 0.2) is 0 Å². The summed E-state index contributed by atoms with van der Waals surface area (Å²) in [6.45, 7) is 17.2. The van der Waals surface area contributed by atoms with Crippen molar-refractivity contribution >= 4 is 39.1 Å². The molecule has 0 aliphatic carbocycles. The molecule has 19 heteroatoms. The minimum Gasteiger partial charge on any atom is -0.469 e. The number of likely N-dealkylation sites (tertiary alicyclic amines) is 2. The molecule has 0 radical (unpaired) electrons. The fourth-order valence-corrected chi connectivity index (χ4v) is 5.99. The number of nitrogens with zero attached hydrogens (tertiary/aromatic N) is 2. The van der Waals surface area contributed by atoms with E-state index in [1.165, 1.54) is 42.2 Å². The summed E-state index contributed by atoms with van der Waals surface area (Å²) >= 11 is 0. The number of methoxy groups -OCH3 is 1. The Morgan fingerprint density at radius 2 is 1.04 bits per heavy atom. The molecule has 2 heterocycles. The monoisotopic (exact) mass is 818 g/mol. The molecule has 0 bridgehead atoms. The molecule has 0 saturated carbocycles. The topological polar surface area (TPSA) is 192 Å². The first-order chi connectivity index (χ1) is 25.0. The van der Waals surface area contributed by atoms with Gasteiger partial charge in [-0.25, -0.2) is 9.59 Å². The standard InChI is InChI=1S/C17H32NO7P.C15H27NO5.C3H9O3P/c1-17(2,3)25-16(20)18-9-6-14(12-18)7-10-24-11-8-15(19)13-26(21,22-4)23-5;1-15(2,3)21-14(18)16-8-5-12(11-16)6-9-20-10-7-13(17)19-4;1-5-7(3,4)6-2/h14H,6-13H2,1-5H3;12H,5-11H2,1-4H3;1-3H3/t14-;12-;/m00./s1. The number of hydrogen-bond acceptors (Lipinski definition) is 15. The number of carbonyl (C=O) groups excluding carboxylic acids is 4. The third-order valence-corrected chi connectivity index (χ3v) is 11.2. The Labute approximate surface area is 322 Å². The predicted molar refractivity (Wildman–Crippen MR) is 203 cm³/mol. The zero-order chi connectivity index (χ0) is 41.6. The Morgan fingerprint density at radius 1 is 0.630 bits per heavy atom. The second kappa shape index (κ2) is 25.9. The van der Waals surface area contributed by atoms with Gasteiger partial charge in [0.05, 0.1) is 26.7 Å². The second-order valence-corrected chi connectivity index (χ2v) is 19.4. The maximum absolute atomic E-state index is 12.0. The van der Waals surface area contributed by atoms with Gasteiger partial charge in [0, 0.05) is 80.9 Å². The predicted octanol–water partition coefficient (Wildman–Crippen LogP) is 6.41. The molecule has 0 aromatic rings. The number of esters is 1. The van der Waals surface area contributed by atoms with Crippen molar-refractivity contribution in [1.29, 1.82) is 0 Å². The molecule has 0 unspecified atom stereocenters. The quantitative estimate of drug-likeness (QED) is 0.0637. The minimum absolute atomic E-state index is 0.172. The van der Waals surface area contributed by atoms with Crippen molar-refractivity contribution in [3.63, 3.8) is 0 Å². The van der Waals surface area contributed by atoms with Crippen molar-refractivity contribution in [2.24, 2.45) is 11.8 Å². The molecule has 2 aliphatic rings. The van der Waals surface area contributed by atoms with Gasteiger partial charge in [-0.3, -0.25) is 18.7 Å². The molecule has 2 rings (SSSR count). The van der Waals surface area contributed by atoms with Gasteiger partial charge in [-0.05, 0) is 79.1 Å². The SMILES string of the molecule is COC(=O)CCOCC[C@@H]1CCN(C(=O)OC(C)(C)C)C1.COP(=O)(CC(=O)CCOCC[C@@H]1CCN(C(=O)OC(C)(C)C)C1)OC.COP(C)(=O)OC. The van der Waals surface area contributed by atoms with Crippen LogP contribution >= 0.6 is 15.2 Å². The molecular weight excluding hydrogens is 750 g/mol. The Balaban J connectivity index is 0.000000897. The van der Waals surface area contributed by atoms with Crippen LogP contribution in [0.2, 0.25) is 0 Å². The van der Waals surface area contributed by atoms with E-state index in [1.54, 1.807) is 9.80 Å². The molecule has 318 valence electrons. The lowest BCUT2D eigenvalue weighted by molar-refractivity contribution is -0.141. The number of ether oxygens (including phenoxy) is 5. The van der Waals surface area contributed by atoms with E-state index in [9.17, 15) is 28.3 Å². The number of rotatable bonds is 18. The maximum Gasteiger partial charge on any atom is 0.410 e. The summed E-state index contributed by atoms with van der Waals surface area (Å²) in [5, 5.41) is 0. The lowest BCUT2D eigenvalue weighted by atomic mass is 10.1. The van der Waals surface area contributed by atoms with E-state index in [1.807, 2.05) is 41.5 Å². The Bertz CT molecular complexity index is 1210. The van der Waals surface area contributed by atoms with Crippen LogP contribution in [0.4, 0.5) is 9.59 Å². The number of hydrogen-bond donors (Lipinski definition) is 0. The lowest BCUT2D eigenvalue weighted by Crippen LogP contribution is -2.35. The smallest absolute Gasteiger partial charge is 0.410 e. The zero-order valence-corrected chi connectivity index (χ0v) is 36.5.